The van der Waals surface area contributed by atoms with Crippen molar-refractivity contribution in [3.05, 3.63) is 22.5 Å². The van der Waals surface area contributed by atoms with E-state index in [0.717, 1.165) is 11.8 Å². The lowest BCUT2D eigenvalue weighted by Crippen LogP contribution is -1.98. The summed E-state index contributed by atoms with van der Waals surface area (Å²) in [7, 11) is 0. The van der Waals surface area contributed by atoms with Gasteiger partial charge in [0.25, 0.3) is 0 Å². The van der Waals surface area contributed by atoms with Crippen molar-refractivity contribution in [2.75, 3.05) is 5.33 Å². The highest BCUT2D eigenvalue weighted by Crippen LogP contribution is 2.07. The second-order valence-electron chi connectivity index (χ2n) is 2.26. The van der Waals surface area contributed by atoms with E-state index in [1.54, 1.807) is 4.68 Å². The molecule has 0 aliphatic heterocycles. The van der Waals surface area contributed by atoms with E-state index in [9.17, 15) is 10.1 Å². The van der Waals surface area contributed by atoms with Crippen LogP contribution in [0.15, 0.2) is 12.4 Å². The Morgan fingerprint density at radius 3 is 3.00 bits per heavy atom. The zero-order valence-electron chi connectivity index (χ0n) is 6.31. The smallest absolute Gasteiger partial charge is 0.266 e. The van der Waals surface area contributed by atoms with Crippen molar-refractivity contribution < 1.29 is 4.92 Å². The topological polar surface area (TPSA) is 61.0 Å². The number of halogens is 1. The molecule has 0 amide bonds. The molecular weight excluding hydrogens is 226 g/mol. The molecule has 0 unspecified atom stereocenters. The molecule has 1 rings (SSSR count). The molecule has 0 radical (unpaired) electrons. The van der Waals surface area contributed by atoms with Gasteiger partial charge in [0.1, 0.15) is 12.4 Å². The zero-order chi connectivity index (χ0) is 8.97. The third kappa shape index (κ3) is 2.30. The van der Waals surface area contributed by atoms with Gasteiger partial charge in [0.15, 0.2) is 0 Å². The predicted molar refractivity (Wildman–Crippen MR) is 47.3 cm³/mol. The minimum Gasteiger partial charge on any atom is -0.266 e. The number of alkyl halides is 1. The van der Waals surface area contributed by atoms with Gasteiger partial charge >= 0.3 is 5.69 Å². The van der Waals surface area contributed by atoms with E-state index in [0.29, 0.717) is 6.54 Å². The van der Waals surface area contributed by atoms with Crippen molar-refractivity contribution in [3.63, 3.8) is 0 Å². The van der Waals surface area contributed by atoms with Crippen molar-refractivity contribution in [3.8, 4) is 0 Å². The molecule has 1 heterocycles. The number of nitro groups is 1. The highest BCUT2D eigenvalue weighted by molar-refractivity contribution is 9.09. The maximum Gasteiger partial charge on any atom is 0.306 e. The van der Waals surface area contributed by atoms with Gasteiger partial charge in [-0.05, 0) is 6.42 Å². The molecule has 12 heavy (non-hydrogen) atoms. The molecule has 0 saturated heterocycles. The quantitative estimate of drug-likeness (QED) is 0.451. The van der Waals surface area contributed by atoms with Crippen LogP contribution in [0.5, 0.6) is 0 Å². The third-order valence-electron chi connectivity index (χ3n) is 1.35. The van der Waals surface area contributed by atoms with E-state index in [1.165, 1.54) is 12.4 Å². The number of aryl methyl sites for hydroxylation is 1. The summed E-state index contributed by atoms with van der Waals surface area (Å²) < 4.78 is 1.57. The van der Waals surface area contributed by atoms with E-state index in [2.05, 4.69) is 21.0 Å². The Kier molecular flexibility index (Phi) is 3.21. The lowest BCUT2D eigenvalue weighted by atomic mass is 10.5. The van der Waals surface area contributed by atoms with Gasteiger partial charge in [0, 0.05) is 11.9 Å². The van der Waals surface area contributed by atoms with Crippen LogP contribution in [-0.4, -0.2) is 20.0 Å². The molecular formula is C6H8BrN3O2. The van der Waals surface area contributed by atoms with Crippen LogP contribution in [0, 0.1) is 10.1 Å². The van der Waals surface area contributed by atoms with Gasteiger partial charge in [-0.3, -0.25) is 14.8 Å². The molecule has 0 bridgehead atoms. The fourth-order valence-electron chi connectivity index (χ4n) is 0.791. The first-order valence-electron chi connectivity index (χ1n) is 3.47. The number of hydrogen-bond donors (Lipinski definition) is 0. The van der Waals surface area contributed by atoms with Gasteiger partial charge < -0.3 is 0 Å². The molecule has 0 aliphatic rings. The Bertz CT molecular complexity index is 274. The van der Waals surface area contributed by atoms with Crippen molar-refractivity contribution >= 4 is 21.6 Å². The summed E-state index contributed by atoms with van der Waals surface area (Å²) in [5.74, 6) is 0. The average Bonchev–Trinajstić information content (AvgIpc) is 2.48. The number of rotatable bonds is 4. The summed E-state index contributed by atoms with van der Waals surface area (Å²) in [6.45, 7) is 0.707. The van der Waals surface area contributed by atoms with Crippen LogP contribution in [0.2, 0.25) is 0 Å². The van der Waals surface area contributed by atoms with Crippen LogP contribution in [0.4, 0.5) is 5.69 Å². The largest absolute Gasteiger partial charge is 0.306 e. The van der Waals surface area contributed by atoms with Crippen molar-refractivity contribution in [1.29, 1.82) is 0 Å². The summed E-state index contributed by atoms with van der Waals surface area (Å²) in [6.07, 6.45) is 3.61. The van der Waals surface area contributed by atoms with Gasteiger partial charge in [-0.25, -0.2) is 0 Å². The van der Waals surface area contributed by atoms with E-state index in [-0.39, 0.29) is 5.69 Å². The molecule has 5 nitrogen and oxygen atoms in total. The molecule has 0 aromatic carbocycles. The van der Waals surface area contributed by atoms with E-state index in [1.807, 2.05) is 0 Å². The Hall–Kier alpha value is -0.910. The van der Waals surface area contributed by atoms with Crippen LogP contribution in [0.25, 0.3) is 0 Å². The van der Waals surface area contributed by atoms with Crippen molar-refractivity contribution in [1.82, 2.24) is 9.78 Å². The molecule has 66 valence electrons. The first kappa shape index (κ1) is 9.18. The fourth-order valence-corrected chi connectivity index (χ4v) is 1.04. The molecule has 0 aliphatic carbocycles. The Labute approximate surface area is 77.7 Å². The maximum atomic E-state index is 10.2. The zero-order valence-corrected chi connectivity index (χ0v) is 7.90. The van der Waals surface area contributed by atoms with Crippen LogP contribution in [0.3, 0.4) is 0 Å². The Morgan fingerprint density at radius 1 is 1.75 bits per heavy atom. The SMILES string of the molecule is O=[N+]([O-])c1cnn(CCCBr)c1. The second-order valence-corrected chi connectivity index (χ2v) is 3.05. The van der Waals surface area contributed by atoms with Crippen LogP contribution < -0.4 is 0 Å². The van der Waals surface area contributed by atoms with Gasteiger partial charge in [-0.1, -0.05) is 15.9 Å². The third-order valence-corrected chi connectivity index (χ3v) is 1.91. The number of aromatic nitrogens is 2. The highest BCUT2D eigenvalue weighted by atomic mass is 79.9. The minimum absolute atomic E-state index is 0.0459. The molecule has 0 spiro atoms. The van der Waals surface area contributed by atoms with Gasteiger partial charge in [-0.2, -0.15) is 5.10 Å². The van der Waals surface area contributed by atoms with E-state index < -0.39 is 4.92 Å². The Morgan fingerprint density at radius 2 is 2.50 bits per heavy atom. The first-order chi connectivity index (χ1) is 5.74. The normalized spacial score (nSPS) is 10.1. The van der Waals surface area contributed by atoms with Crippen molar-refractivity contribution in [2.24, 2.45) is 0 Å². The Balaban J connectivity index is 2.58. The number of nitrogens with zero attached hydrogens (tertiary/aromatic N) is 3. The summed E-state index contributed by atoms with van der Waals surface area (Å²) in [5, 5.41) is 14.9. The minimum atomic E-state index is -0.447. The van der Waals surface area contributed by atoms with Gasteiger partial charge in [0.2, 0.25) is 0 Å². The molecule has 1 aromatic heterocycles. The lowest BCUT2D eigenvalue weighted by molar-refractivity contribution is -0.385. The first-order valence-corrected chi connectivity index (χ1v) is 4.59. The summed E-state index contributed by atoms with van der Waals surface area (Å²) >= 11 is 3.27. The molecule has 0 N–H and O–H groups in total. The molecule has 0 saturated carbocycles. The highest BCUT2D eigenvalue weighted by Gasteiger charge is 2.07. The number of hydrogen-bond acceptors (Lipinski definition) is 3. The molecule has 0 atom stereocenters. The fraction of sp³-hybridized carbons (Fsp3) is 0.500. The molecule has 6 heteroatoms. The van der Waals surface area contributed by atoms with E-state index in [4.69, 9.17) is 0 Å². The summed E-state index contributed by atoms with van der Waals surface area (Å²) in [5.41, 5.74) is 0.0459. The van der Waals surface area contributed by atoms with Crippen LogP contribution >= 0.6 is 15.9 Å². The molecule has 0 fully saturated rings. The van der Waals surface area contributed by atoms with Crippen LogP contribution in [-0.2, 0) is 6.54 Å². The lowest BCUT2D eigenvalue weighted by Gasteiger charge is -1.94. The average molecular weight is 234 g/mol. The monoisotopic (exact) mass is 233 g/mol. The molecule has 1 aromatic rings. The van der Waals surface area contributed by atoms with Crippen molar-refractivity contribution in [2.45, 2.75) is 13.0 Å². The van der Waals surface area contributed by atoms with Gasteiger partial charge in [0.05, 0.1) is 4.92 Å². The summed E-state index contributed by atoms with van der Waals surface area (Å²) in [6, 6.07) is 0. The van der Waals surface area contributed by atoms with Crippen LogP contribution in [0.1, 0.15) is 6.42 Å². The second kappa shape index (κ2) is 4.20. The predicted octanol–water partition coefficient (Wildman–Crippen LogP) is 1.58. The van der Waals surface area contributed by atoms with E-state index >= 15 is 0 Å². The summed E-state index contributed by atoms with van der Waals surface area (Å²) in [4.78, 5) is 9.78. The maximum absolute atomic E-state index is 10.2. The van der Waals surface area contributed by atoms with Gasteiger partial charge in [-0.15, -0.1) is 0 Å². The standard InChI is InChI=1S/C6H8BrN3O2/c7-2-1-3-9-5-6(4-8-9)10(11)12/h4-5H,1-3H2.